The van der Waals surface area contributed by atoms with E-state index >= 15 is 0 Å². The van der Waals surface area contributed by atoms with Crippen molar-refractivity contribution in [2.45, 2.75) is 40.0 Å². The first kappa shape index (κ1) is 22.3. The van der Waals surface area contributed by atoms with Crippen molar-refractivity contribution in [3.8, 4) is 0 Å². The van der Waals surface area contributed by atoms with Crippen LogP contribution < -0.4 is 5.30 Å². The van der Waals surface area contributed by atoms with Crippen molar-refractivity contribution in [3.63, 3.8) is 0 Å². The van der Waals surface area contributed by atoms with Crippen LogP contribution in [0.25, 0.3) is 10.6 Å². The monoisotopic (exact) mass is 470 g/mol. The highest BCUT2D eigenvalue weighted by molar-refractivity contribution is 7.85. The number of benzene rings is 4. The van der Waals surface area contributed by atoms with E-state index in [1.54, 1.807) is 0 Å². The van der Waals surface area contributed by atoms with Crippen LogP contribution in [0.5, 0.6) is 0 Å². The summed E-state index contributed by atoms with van der Waals surface area (Å²) in [6, 6.07) is 32.1. The van der Waals surface area contributed by atoms with Gasteiger partial charge in [0.1, 0.15) is 0 Å². The lowest BCUT2D eigenvalue weighted by molar-refractivity contribution is 0.820. The lowest BCUT2D eigenvalue weighted by atomic mass is 9.72. The fraction of sp³-hybridized carbons (Fsp3) is 0.176. The molecule has 0 N–H and O–H groups in total. The molecule has 7 rings (SSSR count). The van der Waals surface area contributed by atoms with Crippen LogP contribution in [0.2, 0.25) is 0 Å². The van der Waals surface area contributed by atoms with E-state index < -0.39 is 7.92 Å². The van der Waals surface area contributed by atoms with Crippen LogP contribution in [0.3, 0.4) is 0 Å². The molecule has 0 radical (unpaired) electrons. The third-order valence-electron chi connectivity index (χ3n) is 7.62. The molecule has 4 aromatic rings. The van der Waals surface area contributed by atoms with Gasteiger partial charge in [0.15, 0.2) is 0 Å². The van der Waals surface area contributed by atoms with Crippen molar-refractivity contribution < 1.29 is 0 Å². The van der Waals surface area contributed by atoms with Crippen molar-refractivity contribution in [1.82, 2.24) is 0 Å². The minimum Gasteiger partial charge on any atom is -0.0622 e. The van der Waals surface area contributed by atoms with E-state index in [0.717, 1.165) is 0 Å². The lowest BCUT2D eigenvalue weighted by Gasteiger charge is -2.46. The van der Waals surface area contributed by atoms with Gasteiger partial charge in [-0.05, 0) is 91.9 Å². The zero-order valence-electron chi connectivity index (χ0n) is 21.2. The quantitative estimate of drug-likeness (QED) is 0.263. The summed E-state index contributed by atoms with van der Waals surface area (Å²) < 4.78 is 0. The van der Waals surface area contributed by atoms with Gasteiger partial charge >= 0.3 is 0 Å². The predicted molar refractivity (Wildman–Crippen MR) is 153 cm³/mol. The van der Waals surface area contributed by atoms with Gasteiger partial charge in [-0.15, -0.1) is 0 Å². The Kier molecular flexibility index (Phi) is 5.21. The molecule has 0 saturated carbocycles. The number of hydrogen-bond donors (Lipinski definition) is 0. The van der Waals surface area contributed by atoms with Crippen molar-refractivity contribution in [2.75, 3.05) is 0 Å². The van der Waals surface area contributed by atoms with Gasteiger partial charge in [-0.3, -0.25) is 0 Å². The largest absolute Gasteiger partial charge is 0.0622 e. The zero-order valence-corrected chi connectivity index (χ0v) is 22.1. The minimum atomic E-state index is -0.667. The SMILES string of the molecule is Cc1ccc(C2=CC3(c4ccccc4)C=C(c4ccc(C)cc4C)P2c2cc(C)ccc23)c(C)c1. The van der Waals surface area contributed by atoms with Gasteiger partial charge < -0.3 is 0 Å². The Hall–Kier alpha value is -3.21. The standard InChI is InChI=1S/C34H31P/c1-22-11-14-28(25(4)17-22)32-20-34(27-9-7-6-8-10-27)21-33(29-15-12-23(2)18-26(29)5)35(32)31-19-24(3)13-16-30(31)34/h6-21H,1-5H3. The average Bonchev–Trinajstić information content (AvgIpc) is 2.84. The Labute approximate surface area is 210 Å². The van der Waals surface area contributed by atoms with Crippen LogP contribution in [0, 0.1) is 34.6 Å². The Bertz CT molecular complexity index is 1470. The number of allylic oxidation sites excluding steroid dienone is 2. The first-order valence-corrected chi connectivity index (χ1v) is 13.8. The smallest absolute Gasteiger partial charge is 0.0588 e. The van der Waals surface area contributed by atoms with E-state index in [0.29, 0.717) is 0 Å². The highest BCUT2D eigenvalue weighted by Gasteiger charge is 2.46. The van der Waals surface area contributed by atoms with E-state index in [1.165, 1.54) is 66.0 Å². The minimum absolute atomic E-state index is 0.277. The van der Waals surface area contributed by atoms with E-state index in [2.05, 4.69) is 132 Å². The summed E-state index contributed by atoms with van der Waals surface area (Å²) in [7, 11) is -0.667. The second-order valence-corrected chi connectivity index (χ2v) is 12.4. The molecule has 4 aromatic carbocycles. The average molecular weight is 471 g/mol. The van der Waals surface area contributed by atoms with Gasteiger partial charge in [0.05, 0.1) is 5.41 Å². The molecule has 2 bridgehead atoms. The molecule has 3 heterocycles. The molecule has 172 valence electrons. The molecule has 1 heteroatoms. The molecule has 0 nitrogen and oxygen atoms in total. The first-order valence-electron chi connectivity index (χ1n) is 12.5. The third-order valence-corrected chi connectivity index (χ3v) is 10.2. The summed E-state index contributed by atoms with van der Waals surface area (Å²) in [6.07, 6.45) is 5.19. The number of hydrogen-bond acceptors (Lipinski definition) is 0. The molecule has 0 saturated heterocycles. The maximum absolute atomic E-state index is 2.59. The molecule has 3 aliphatic heterocycles. The van der Waals surface area contributed by atoms with E-state index in [-0.39, 0.29) is 5.41 Å². The van der Waals surface area contributed by atoms with Crippen LogP contribution in [-0.4, -0.2) is 0 Å². The van der Waals surface area contributed by atoms with Crippen LogP contribution in [-0.2, 0) is 5.41 Å². The van der Waals surface area contributed by atoms with Crippen molar-refractivity contribution in [3.05, 3.63) is 147 Å². The van der Waals surface area contributed by atoms with Crippen LogP contribution in [0.4, 0.5) is 0 Å². The maximum Gasteiger partial charge on any atom is 0.0588 e. The third kappa shape index (κ3) is 3.47. The van der Waals surface area contributed by atoms with Crippen molar-refractivity contribution in [1.29, 1.82) is 0 Å². The summed E-state index contributed by atoms with van der Waals surface area (Å²) in [6.45, 7) is 11.2. The van der Waals surface area contributed by atoms with Gasteiger partial charge in [-0.1, -0.05) is 114 Å². The maximum atomic E-state index is 2.59. The summed E-state index contributed by atoms with van der Waals surface area (Å²) in [5, 5.41) is 4.51. The Balaban J connectivity index is 1.72. The van der Waals surface area contributed by atoms with Crippen LogP contribution >= 0.6 is 7.92 Å². The molecule has 3 aliphatic rings. The molecular weight excluding hydrogens is 439 g/mol. The van der Waals surface area contributed by atoms with E-state index in [9.17, 15) is 0 Å². The first-order chi connectivity index (χ1) is 16.9. The highest BCUT2D eigenvalue weighted by Crippen LogP contribution is 2.70. The number of aryl methyl sites for hydroxylation is 5. The summed E-state index contributed by atoms with van der Waals surface area (Å²) >= 11 is 0. The lowest BCUT2D eigenvalue weighted by Crippen LogP contribution is -2.36. The second kappa shape index (κ2) is 8.18. The van der Waals surface area contributed by atoms with Gasteiger partial charge in [0.2, 0.25) is 0 Å². The van der Waals surface area contributed by atoms with Crippen LogP contribution in [0.15, 0.2) is 97.1 Å². The Morgan fingerprint density at radius 1 is 0.543 bits per heavy atom. The molecule has 0 amide bonds. The second-order valence-electron chi connectivity index (χ2n) is 10.3. The molecular formula is C34H31P. The molecule has 0 atom stereocenters. The van der Waals surface area contributed by atoms with Gasteiger partial charge in [0, 0.05) is 0 Å². The van der Waals surface area contributed by atoms with E-state index in [1.807, 2.05) is 0 Å². The fourth-order valence-corrected chi connectivity index (χ4v) is 9.22. The number of rotatable bonds is 3. The van der Waals surface area contributed by atoms with Gasteiger partial charge in [0.25, 0.3) is 0 Å². The Morgan fingerprint density at radius 2 is 1.06 bits per heavy atom. The molecule has 0 aliphatic carbocycles. The topological polar surface area (TPSA) is 0 Å². The summed E-state index contributed by atoms with van der Waals surface area (Å²) in [5.41, 5.74) is 12.0. The fourth-order valence-electron chi connectivity index (χ4n) is 5.96. The molecule has 0 unspecified atom stereocenters. The molecule has 0 fully saturated rings. The van der Waals surface area contributed by atoms with E-state index in [4.69, 9.17) is 0 Å². The normalized spacial score (nSPS) is 20.3. The zero-order chi connectivity index (χ0) is 24.3. The molecule has 35 heavy (non-hydrogen) atoms. The molecule has 0 aromatic heterocycles. The van der Waals surface area contributed by atoms with Crippen LogP contribution in [0.1, 0.15) is 50.1 Å². The van der Waals surface area contributed by atoms with Crippen molar-refractivity contribution in [2.24, 2.45) is 0 Å². The van der Waals surface area contributed by atoms with Gasteiger partial charge in [-0.2, -0.15) is 0 Å². The Morgan fingerprint density at radius 3 is 1.60 bits per heavy atom. The highest BCUT2D eigenvalue weighted by atomic mass is 31.1. The summed E-state index contributed by atoms with van der Waals surface area (Å²) in [4.78, 5) is 0. The molecule has 0 spiro atoms. The van der Waals surface area contributed by atoms with Gasteiger partial charge in [-0.25, -0.2) is 0 Å². The van der Waals surface area contributed by atoms with Crippen molar-refractivity contribution >= 4 is 23.9 Å². The summed E-state index contributed by atoms with van der Waals surface area (Å²) in [5.74, 6) is 0. The predicted octanol–water partition coefficient (Wildman–Crippen LogP) is 8.73.